The van der Waals surface area contributed by atoms with Crippen molar-refractivity contribution in [2.45, 2.75) is 33.2 Å². The van der Waals surface area contributed by atoms with Crippen molar-refractivity contribution in [3.63, 3.8) is 0 Å². The van der Waals surface area contributed by atoms with Crippen molar-refractivity contribution in [1.82, 2.24) is 15.2 Å². The molecule has 2 rings (SSSR count). The van der Waals surface area contributed by atoms with E-state index in [1.807, 2.05) is 18.5 Å². The SMILES string of the molecule is CC(C)CNCC1CCN(C(C)c2cccnc2)C1. The third kappa shape index (κ3) is 4.29. The molecule has 3 heteroatoms. The van der Waals surface area contributed by atoms with E-state index in [0.717, 1.165) is 24.9 Å². The van der Waals surface area contributed by atoms with Gasteiger partial charge in [-0.05, 0) is 56.4 Å². The molecular formula is C16H27N3. The normalized spacial score (nSPS) is 22.0. The average Bonchev–Trinajstić information content (AvgIpc) is 2.87. The molecule has 3 nitrogen and oxygen atoms in total. The van der Waals surface area contributed by atoms with E-state index in [1.54, 1.807) is 0 Å². The van der Waals surface area contributed by atoms with Crippen molar-refractivity contribution in [3.05, 3.63) is 30.1 Å². The van der Waals surface area contributed by atoms with Crippen LogP contribution in [0.4, 0.5) is 0 Å². The van der Waals surface area contributed by atoms with Gasteiger partial charge in [-0.3, -0.25) is 9.88 Å². The number of hydrogen-bond donors (Lipinski definition) is 1. The molecule has 1 N–H and O–H groups in total. The van der Waals surface area contributed by atoms with Crippen LogP contribution < -0.4 is 5.32 Å². The number of pyridine rings is 1. The molecule has 1 aliphatic rings. The molecule has 1 aromatic heterocycles. The molecule has 106 valence electrons. The molecule has 0 aliphatic carbocycles. The Bertz CT molecular complexity index is 364. The lowest BCUT2D eigenvalue weighted by Gasteiger charge is -2.24. The summed E-state index contributed by atoms with van der Waals surface area (Å²) in [7, 11) is 0. The van der Waals surface area contributed by atoms with Crippen LogP contribution in [-0.2, 0) is 0 Å². The Balaban J connectivity index is 1.78. The summed E-state index contributed by atoms with van der Waals surface area (Å²) >= 11 is 0. The van der Waals surface area contributed by atoms with Gasteiger partial charge in [0.15, 0.2) is 0 Å². The lowest BCUT2D eigenvalue weighted by Crippen LogP contribution is -2.29. The van der Waals surface area contributed by atoms with E-state index >= 15 is 0 Å². The summed E-state index contributed by atoms with van der Waals surface area (Å²) < 4.78 is 0. The second kappa shape index (κ2) is 7.01. The monoisotopic (exact) mass is 261 g/mol. The quantitative estimate of drug-likeness (QED) is 0.853. The van der Waals surface area contributed by atoms with Gasteiger partial charge in [0.2, 0.25) is 0 Å². The summed E-state index contributed by atoms with van der Waals surface area (Å²) in [5.41, 5.74) is 1.33. The highest BCUT2D eigenvalue weighted by Gasteiger charge is 2.26. The summed E-state index contributed by atoms with van der Waals surface area (Å²) in [4.78, 5) is 6.81. The highest BCUT2D eigenvalue weighted by Crippen LogP contribution is 2.26. The zero-order valence-corrected chi connectivity index (χ0v) is 12.5. The predicted molar refractivity (Wildman–Crippen MR) is 80.0 cm³/mol. The fraction of sp³-hybridized carbons (Fsp3) is 0.688. The lowest BCUT2D eigenvalue weighted by molar-refractivity contribution is 0.251. The van der Waals surface area contributed by atoms with Crippen LogP contribution in [0.15, 0.2) is 24.5 Å². The van der Waals surface area contributed by atoms with E-state index in [1.165, 1.54) is 25.1 Å². The molecule has 0 bridgehead atoms. The van der Waals surface area contributed by atoms with E-state index in [9.17, 15) is 0 Å². The van der Waals surface area contributed by atoms with Gasteiger partial charge in [0.25, 0.3) is 0 Å². The predicted octanol–water partition coefficient (Wildman–Crippen LogP) is 2.71. The molecule has 2 heterocycles. The maximum Gasteiger partial charge on any atom is 0.0335 e. The van der Waals surface area contributed by atoms with Gasteiger partial charge in [0.1, 0.15) is 0 Å². The summed E-state index contributed by atoms with van der Waals surface area (Å²) in [5, 5.41) is 3.59. The van der Waals surface area contributed by atoms with Crippen molar-refractivity contribution in [3.8, 4) is 0 Å². The molecule has 0 radical (unpaired) electrons. The van der Waals surface area contributed by atoms with Gasteiger partial charge in [-0.25, -0.2) is 0 Å². The molecule has 1 aliphatic heterocycles. The molecule has 0 saturated carbocycles. The molecule has 0 spiro atoms. The number of nitrogens with one attached hydrogen (secondary N) is 1. The van der Waals surface area contributed by atoms with Crippen LogP contribution in [0.5, 0.6) is 0 Å². The van der Waals surface area contributed by atoms with Crippen molar-refractivity contribution >= 4 is 0 Å². The Hall–Kier alpha value is -0.930. The summed E-state index contributed by atoms with van der Waals surface area (Å²) in [5.74, 6) is 1.55. The number of likely N-dealkylation sites (tertiary alicyclic amines) is 1. The van der Waals surface area contributed by atoms with Crippen LogP contribution >= 0.6 is 0 Å². The van der Waals surface area contributed by atoms with E-state index in [4.69, 9.17) is 0 Å². The van der Waals surface area contributed by atoms with Crippen molar-refractivity contribution < 1.29 is 0 Å². The molecule has 2 unspecified atom stereocenters. The third-order valence-corrected chi connectivity index (χ3v) is 4.02. The summed E-state index contributed by atoms with van der Waals surface area (Å²) in [6.45, 7) is 11.5. The first-order valence-electron chi connectivity index (χ1n) is 7.51. The highest BCUT2D eigenvalue weighted by atomic mass is 15.2. The van der Waals surface area contributed by atoms with Crippen molar-refractivity contribution in [2.24, 2.45) is 11.8 Å². The fourth-order valence-electron chi connectivity index (χ4n) is 2.79. The summed E-state index contributed by atoms with van der Waals surface area (Å²) in [6, 6.07) is 4.70. The Morgan fingerprint density at radius 2 is 2.26 bits per heavy atom. The largest absolute Gasteiger partial charge is 0.316 e. The smallest absolute Gasteiger partial charge is 0.0335 e. The number of hydrogen-bond acceptors (Lipinski definition) is 3. The van der Waals surface area contributed by atoms with Gasteiger partial charge in [0.05, 0.1) is 0 Å². The molecule has 2 atom stereocenters. The van der Waals surface area contributed by atoms with Gasteiger partial charge in [-0.15, -0.1) is 0 Å². The number of rotatable bonds is 6. The first-order chi connectivity index (χ1) is 9.16. The van der Waals surface area contributed by atoms with E-state index < -0.39 is 0 Å². The maximum atomic E-state index is 4.23. The minimum absolute atomic E-state index is 0.490. The minimum atomic E-state index is 0.490. The average molecular weight is 261 g/mol. The second-order valence-corrected chi connectivity index (χ2v) is 6.16. The van der Waals surface area contributed by atoms with Gasteiger partial charge >= 0.3 is 0 Å². The fourth-order valence-corrected chi connectivity index (χ4v) is 2.79. The maximum absolute atomic E-state index is 4.23. The van der Waals surface area contributed by atoms with Gasteiger partial charge < -0.3 is 5.32 Å². The van der Waals surface area contributed by atoms with Gasteiger partial charge in [-0.1, -0.05) is 19.9 Å². The van der Waals surface area contributed by atoms with E-state index in [2.05, 4.69) is 42.0 Å². The first kappa shape index (κ1) is 14.5. The zero-order chi connectivity index (χ0) is 13.7. The van der Waals surface area contributed by atoms with Crippen LogP contribution in [0.2, 0.25) is 0 Å². The van der Waals surface area contributed by atoms with Crippen molar-refractivity contribution in [1.29, 1.82) is 0 Å². The molecule has 1 fully saturated rings. The van der Waals surface area contributed by atoms with Crippen LogP contribution in [0.1, 0.15) is 38.8 Å². The molecule has 19 heavy (non-hydrogen) atoms. The Morgan fingerprint density at radius 3 is 2.95 bits per heavy atom. The first-order valence-corrected chi connectivity index (χ1v) is 7.51. The van der Waals surface area contributed by atoms with Crippen LogP contribution in [0, 0.1) is 11.8 Å². The Kier molecular flexibility index (Phi) is 5.34. The standard InChI is InChI=1S/C16H27N3/c1-13(2)9-18-10-15-6-8-19(12-15)14(3)16-5-4-7-17-11-16/h4-5,7,11,13-15,18H,6,8-10,12H2,1-3H3. The number of aromatic nitrogens is 1. The zero-order valence-electron chi connectivity index (χ0n) is 12.5. The molecule has 0 amide bonds. The van der Waals surface area contributed by atoms with E-state index in [0.29, 0.717) is 6.04 Å². The Labute approximate surface area is 117 Å². The van der Waals surface area contributed by atoms with Crippen LogP contribution in [0.3, 0.4) is 0 Å². The number of nitrogens with zero attached hydrogens (tertiary/aromatic N) is 2. The molecule has 0 aromatic carbocycles. The lowest BCUT2D eigenvalue weighted by atomic mass is 10.1. The van der Waals surface area contributed by atoms with E-state index in [-0.39, 0.29) is 0 Å². The topological polar surface area (TPSA) is 28.2 Å². The summed E-state index contributed by atoms with van der Waals surface area (Å²) in [6.07, 6.45) is 5.16. The van der Waals surface area contributed by atoms with Gasteiger partial charge in [0, 0.05) is 25.0 Å². The van der Waals surface area contributed by atoms with Crippen LogP contribution in [-0.4, -0.2) is 36.1 Å². The van der Waals surface area contributed by atoms with Crippen molar-refractivity contribution in [2.75, 3.05) is 26.2 Å². The minimum Gasteiger partial charge on any atom is -0.316 e. The van der Waals surface area contributed by atoms with Crippen LogP contribution in [0.25, 0.3) is 0 Å². The Morgan fingerprint density at radius 1 is 1.42 bits per heavy atom. The second-order valence-electron chi connectivity index (χ2n) is 6.16. The highest BCUT2D eigenvalue weighted by molar-refractivity contribution is 5.13. The molecular weight excluding hydrogens is 234 g/mol. The van der Waals surface area contributed by atoms with Gasteiger partial charge in [-0.2, -0.15) is 0 Å². The molecule has 1 aromatic rings. The molecule has 1 saturated heterocycles. The third-order valence-electron chi connectivity index (χ3n) is 4.02.